The van der Waals surface area contributed by atoms with Gasteiger partial charge < -0.3 is 18.9 Å². The largest absolute Gasteiger partial charge is 0.497 e. The van der Waals surface area contributed by atoms with Gasteiger partial charge in [0.2, 0.25) is 10.0 Å². The maximum atomic E-state index is 14.6. The fraction of sp³-hybridized carbons (Fsp3) is 0.488. The van der Waals surface area contributed by atoms with Crippen molar-refractivity contribution in [2.45, 2.75) is 89.8 Å². The first-order chi connectivity index (χ1) is 25.5. The van der Waals surface area contributed by atoms with Gasteiger partial charge in [0.1, 0.15) is 5.75 Å². The van der Waals surface area contributed by atoms with E-state index in [0.29, 0.717) is 31.2 Å². The summed E-state index contributed by atoms with van der Waals surface area (Å²) in [6.45, 7) is 5.12. The van der Waals surface area contributed by atoms with Crippen LogP contribution >= 0.6 is 0 Å². The number of carbonyl (C=O) groups excluding carboxylic acids is 2. The molecular formula is C41H49N5O6S. The highest BCUT2D eigenvalue weighted by Crippen LogP contribution is 2.48. The minimum atomic E-state index is -3.82. The Morgan fingerprint density at radius 2 is 1.74 bits per heavy atom. The smallest absolute Gasteiger partial charge is 0.264 e. The first-order valence-corrected chi connectivity index (χ1v) is 20.7. The molecule has 2 bridgehead atoms. The van der Waals surface area contributed by atoms with Gasteiger partial charge in [0.25, 0.3) is 11.8 Å². The number of amides is 2. The average molecular weight is 740 g/mol. The standard InChI is InChI=1S/C41H49N5O6S/c1-25(2)24-53(49,50)43-40(47)27-13-15-34-36(19-27)45-21-29(38-35(20-42-44(38)3)41(48)46-30-11-8-12-31(46)23-52-22-30)17-28-18-32(51-4)14-16-33(28)39(45)37(34)26-9-6-5-7-10-26/h13-20,25-26,30-31H,5-12,21-24H2,1-4H3,(H,43,47). The number of rotatable bonds is 8. The molecule has 12 heteroatoms. The summed E-state index contributed by atoms with van der Waals surface area (Å²) in [6.07, 6.45) is 12.4. The molecule has 4 aromatic rings. The van der Waals surface area contributed by atoms with Gasteiger partial charge >= 0.3 is 0 Å². The van der Waals surface area contributed by atoms with Gasteiger partial charge in [-0.1, -0.05) is 39.2 Å². The van der Waals surface area contributed by atoms with Gasteiger partial charge in [-0.3, -0.25) is 14.3 Å². The quantitative estimate of drug-likeness (QED) is 0.212. The molecule has 2 amide bonds. The zero-order valence-corrected chi connectivity index (χ0v) is 31.9. The Morgan fingerprint density at radius 3 is 2.45 bits per heavy atom. The number of sulfonamides is 1. The van der Waals surface area contributed by atoms with E-state index in [-0.39, 0.29) is 35.2 Å². The zero-order valence-electron chi connectivity index (χ0n) is 31.1. The summed E-state index contributed by atoms with van der Waals surface area (Å²) in [5.41, 5.74) is 7.69. The third-order valence-corrected chi connectivity index (χ3v) is 13.1. The lowest BCUT2D eigenvalue weighted by Gasteiger charge is -2.45. The van der Waals surface area contributed by atoms with Crippen LogP contribution in [-0.2, 0) is 28.4 Å². The summed E-state index contributed by atoms with van der Waals surface area (Å²) in [5, 5.41) is 5.72. The molecule has 53 heavy (non-hydrogen) atoms. The lowest BCUT2D eigenvalue weighted by molar-refractivity contribution is -0.0566. The summed E-state index contributed by atoms with van der Waals surface area (Å²) in [5.74, 6) is 0.112. The van der Waals surface area contributed by atoms with Gasteiger partial charge in [-0.15, -0.1) is 0 Å². The van der Waals surface area contributed by atoms with Crippen LogP contribution in [0.3, 0.4) is 0 Å². The van der Waals surface area contributed by atoms with E-state index in [0.717, 1.165) is 89.7 Å². The van der Waals surface area contributed by atoms with Gasteiger partial charge in [-0.05, 0) is 97.0 Å². The molecule has 0 radical (unpaired) electrons. The predicted octanol–water partition coefficient (Wildman–Crippen LogP) is 6.76. The van der Waals surface area contributed by atoms with E-state index in [4.69, 9.17) is 9.47 Å². The Labute approximate surface area is 311 Å². The minimum absolute atomic E-state index is 0.0239. The lowest BCUT2D eigenvalue weighted by atomic mass is 9.81. The first-order valence-electron chi connectivity index (χ1n) is 19.1. The summed E-state index contributed by atoms with van der Waals surface area (Å²) in [6, 6.07) is 11.8. The van der Waals surface area contributed by atoms with Crippen LogP contribution in [0.1, 0.15) is 109 Å². The van der Waals surface area contributed by atoms with Gasteiger partial charge in [0.15, 0.2) is 0 Å². The molecule has 2 aromatic carbocycles. The van der Waals surface area contributed by atoms with Crippen LogP contribution in [0.4, 0.5) is 0 Å². The number of morpholine rings is 1. The van der Waals surface area contributed by atoms with Crippen LogP contribution in [0, 0.1) is 5.92 Å². The number of ether oxygens (including phenoxy) is 2. The van der Waals surface area contributed by atoms with Crippen molar-refractivity contribution in [2.75, 3.05) is 26.1 Å². The number of benzene rings is 2. The summed E-state index contributed by atoms with van der Waals surface area (Å²) < 4.78 is 43.7. The Kier molecular flexibility index (Phi) is 9.47. The van der Waals surface area contributed by atoms with E-state index in [1.165, 1.54) is 12.0 Å². The topological polar surface area (TPSA) is 125 Å². The van der Waals surface area contributed by atoms with Gasteiger partial charge in [0.05, 0.1) is 67.9 Å². The number of allylic oxidation sites excluding steroid dienone is 1. The van der Waals surface area contributed by atoms with Crippen LogP contribution < -0.4 is 9.46 Å². The lowest BCUT2D eigenvalue weighted by Crippen LogP contribution is -2.57. The number of piperidine rings is 1. The van der Waals surface area contributed by atoms with Crippen LogP contribution in [0.2, 0.25) is 0 Å². The van der Waals surface area contributed by atoms with Crippen LogP contribution in [0.5, 0.6) is 5.75 Å². The molecule has 2 aromatic heterocycles. The molecular weight excluding hydrogens is 691 g/mol. The fourth-order valence-corrected chi connectivity index (χ4v) is 10.6. The van der Waals surface area contributed by atoms with E-state index in [2.05, 4.69) is 32.6 Å². The van der Waals surface area contributed by atoms with E-state index >= 15 is 0 Å². The predicted molar refractivity (Wildman–Crippen MR) is 205 cm³/mol. The SMILES string of the molecule is COc1ccc2c(c1)C=C(c1c(C(=O)N3C4CCCC3COC4)cnn1C)Cn1c-2c(C2CCCCC2)c2ccc(C(=O)NS(=O)(=O)CC(C)C)cc21. The van der Waals surface area contributed by atoms with Crippen molar-refractivity contribution in [1.29, 1.82) is 0 Å². The number of fused-ring (bicyclic) bond motifs is 7. The van der Waals surface area contributed by atoms with Crippen molar-refractivity contribution in [2.24, 2.45) is 13.0 Å². The highest BCUT2D eigenvalue weighted by atomic mass is 32.2. The van der Waals surface area contributed by atoms with Crippen molar-refractivity contribution >= 4 is 44.4 Å². The van der Waals surface area contributed by atoms with E-state index in [1.807, 2.05) is 44.0 Å². The van der Waals surface area contributed by atoms with Crippen LogP contribution in [0.25, 0.3) is 33.8 Å². The maximum Gasteiger partial charge on any atom is 0.264 e. The fourth-order valence-electron chi connectivity index (χ4n) is 9.29. The Hall–Kier alpha value is -4.42. The molecule has 3 aliphatic heterocycles. The van der Waals surface area contributed by atoms with Crippen molar-refractivity contribution in [3.05, 3.63) is 70.5 Å². The number of nitrogens with zero attached hydrogens (tertiary/aromatic N) is 4. The Bertz CT molecular complexity index is 2210. The van der Waals surface area contributed by atoms with Crippen molar-refractivity contribution < 1.29 is 27.5 Å². The van der Waals surface area contributed by atoms with Gasteiger partial charge in [-0.25, -0.2) is 13.1 Å². The molecule has 0 spiro atoms. The number of hydrogen-bond donors (Lipinski definition) is 1. The Morgan fingerprint density at radius 1 is 0.981 bits per heavy atom. The number of aromatic nitrogens is 3. The van der Waals surface area contributed by atoms with Gasteiger partial charge in [0, 0.05) is 29.1 Å². The van der Waals surface area contributed by atoms with E-state index in [9.17, 15) is 18.0 Å². The molecule has 2 saturated heterocycles. The summed E-state index contributed by atoms with van der Waals surface area (Å²) in [4.78, 5) is 30.2. The highest BCUT2D eigenvalue weighted by molar-refractivity contribution is 7.90. The van der Waals surface area contributed by atoms with Crippen molar-refractivity contribution in [3.63, 3.8) is 0 Å². The molecule has 1 saturated carbocycles. The molecule has 8 rings (SSSR count). The Balaban J connectivity index is 1.31. The van der Waals surface area contributed by atoms with Crippen LogP contribution in [0.15, 0.2) is 42.6 Å². The molecule has 4 aliphatic rings. The monoisotopic (exact) mass is 739 g/mol. The molecule has 5 heterocycles. The first kappa shape index (κ1) is 35.6. The average Bonchev–Trinajstić information content (AvgIpc) is 3.61. The number of hydrogen-bond acceptors (Lipinski definition) is 7. The molecule has 11 nitrogen and oxygen atoms in total. The summed E-state index contributed by atoms with van der Waals surface area (Å²) in [7, 11) is -0.268. The zero-order chi connectivity index (χ0) is 37.0. The second-order valence-corrected chi connectivity index (χ2v) is 17.4. The molecule has 1 aliphatic carbocycles. The number of nitrogens with one attached hydrogen (secondary N) is 1. The van der Waals surface area contributed by atoms with Crippen molar-refractivity contribution in [1.82, 2.24) is 24.0 Å². The minimum Gasteiger partial charge on any atom is -0.497 e. The molecule has 2 atom stereocenters. The second-order valence-electron chi connectivity index (χ2n) is 15.7. The molecule has 2 unspecified atom stereocenters. The number of aryl methyl sites for hydroxylation is 1. The summed E-state index contributed by atoms with van der Waals surface area (Å²) >= 11 is 0. The molecule has 1 N–H and O–H groups in total. The molecule has 280 valence electrons. The van der Waals surface area contributed by atoms with Crippen LogP contribution in [-0.4, -0.2) is 77.6 Å². The number of methoxy groups -OCH3 is 1. The maximum absolute atomic E-state index is 14.6. The van der Waals surface area contributed by atoms with E-state index in [1.54, 1.807) is 24.1 Å². The van der Waals surface area contributed by atoms with Crippen molar-refractivity contribution in [3.8, 4) is 17.0 Å². The normalized spacial score (nSPS) is 20.5. The number of carbonyl (C=O) groups is 2. The molecule has 3 fully saturated rings. The van der Waals surface area contributed by atoms with E-state index < -0.39 is 15.9 Å². The second kappa shape index (κ2) is 14.1. The third kappa shape index (κ3) is 6.58. The van der Waals surface area contributed by atoms with Gasteiger partial charge in [-0.2, -0.15) is 5.10 Å². The highest BCUT2D eigenvalue weighted by Gasteiger charge is 2.40. The third-order valence-electron chi connectivity index (χ3n) is 11.5.